The van der Waals surface area contributed by atoms with E-state index >= 15 is 0 Å². The maximum absolute atomic E-state index is 12.9. The minimum Gasteiger partial charge on any atom is -0.361 e. The Morgan fingerprint density at radius 3 is 2.50 bits per heavy atom. The van der Waals surface area contributed by atoms with Crippen molar-refractivity contribution in [3.05, 3.63) is 72.6 Å². The van der Waals surface area contributed by atoms with Gasteiger partial charge in [0, 0.05) is 28.9 Å². The van der Waals surface area contributed by atoms with Gasteiger partial charge in [-0.1, -0.05) is 42.5 Å². The first-order valence-corrected chi connectivity index (χ1v) is 10.5. The van der Waals surface area contributed by atoms with E-state index in [4.69, 9.17) is 0 Å². The van der Waals surface area contributed by atoms with Crippen LogP contribution in [0.15, 0.2) is 67.0 Å². The zero-order valence-corrected chi connectivity index (χ0v) is 17.1. The van der Waals surface area contributed by atoms with Crippen molar-refractivity contribution >= 4 is 17.4 Å². The van der Waals surface area contributed by atoms with E-state index in [0.29, 0.717) is 28.8 Å². The van der Waals surface area contributed by atoms with Crippen molar-refractivity contribution in [3.63, 3.8) is 0 Å². The fraction of sp³-hybridized carbons (Fsp3) is 0.208. The molecule has 4 aromatic rings. The number of nitrogens with one attached hydrogen (secondary N) is 2. The predicted molar refractivity (Wildman–Crippen MR) is 119 cm³/mol. The SMILES string of the molecule is O=C(NC1CC1)c1ccc(-c2cnc3c(NCC(F)F)nc(-c4ccccc4)cn23)cc1. The number of rotatable bonds is 7. The van der Waals surface area contributed by atoms with E-state index in [1.165, 1.54) is 0 Å². The molecule has 0 bridgehead atoms. The van der Waals surface area contributed by atoms with Crippen LogP contribution in [-0.4, -0.2) is 39.3 Å². The van der Waals surface area contributed by atoms with Crippen LogP contribution in [-0.2, 0) is 0 Å². The normalized spacial score (nSPS) is 13.5. The molecule has 1 amide bonds. The third kappa shape index (κ3) is 4.16. The van der Waals surface area contributed by atoms with E-state index in [1.807, 2.05) is 53.1 Å². The van der Waals surface area contributed by atoms with E-state index in [2.05, 4.69) is 20.6 Å². The smallest absolute Gasteiger partial charge is 0.255 e. The molecule has 2 aromatic heterocycles. The molecule has 0 atom stereocenters. The number of benzene rings is 2. The Bertz CT molecular complexity index is 1250. The topological polar surface area (TPSA) is 71.3 Å². The number of fused-ring (bicyclic) bond motifs is 1. The lowest BCUT2D eigenvalue weighted by molar-refractivity contribution is 0.0951. The number of carbonyl (C=O) groups excluding carboxylic acids is 1. The third-order valence-corrected chi connectivity index (χ3v) is 5.34. The molecule has 0 aliphatic heterocycles. The largest absolute Gasteiger partial charge is 0.361 e. The Labute approximate surface area is 183 Å². The summed E-state index contributed by atoms with van der Waals surface area (Å²) < 4.78 is 27.5. The average Bonchev–Trinajstić information content (AvgIpc) is 3.53. The van der Waals surface area contributed by atoms with Gasteiger partial charge in [0.25, 0.3) is 12.3 Å². The average molecular weight is 433 g/mol. The maximum Gasteiger partial charge on any atom is 0.255 e. The number of nitrogens with zero attached hydrogens (tertiary/aromatic N) is 3. The van der Waals surface area contributed by atoms with Crippen LogP contribution in [0.4, 0.5) is 14.6 Å². The molecule has 1 saturated carbocycles. The van der Waals surface area contributed by atoms with Crippen molar-refractivity contribution in [1.29, 1.82) is 0 Å². The highest BCUT2D eigenvalue weighted by Gasteiger charge is 2.23. The molecule has 2 heterocycles. The molecule has 0 radical (unpaired) electrons. The Hall–Kier alpha value is -3.81. The second-order valence-corrected chi connectivity index (χ2v) is 7.77. The number of carbonyl (C=O) groups is 1. The summed E-state index contributed by atoms with van der Waals surface area (Å²) in [4.78, 5) is 21.2. The molecule has 8 heteroatoms. The van der Waals surface area contributed by atoms with Crippen molar-refractivity contribution in [2.75, 3.05) is 11.9 Å². The zero-order chi connectivity index (χ0) is 22.1. The number of hydrogen-bond donors (Lipinski definition) is 2. The molecule has 162 valence electrons. The lowest BCUT2D eigenvalue weighted by Gasteiger charge is -2.11. The molecule has 1 aliphatic carbocycles. The van der Waals surface area contributed by atoms with E-state index in [-0.39, 0.29) is 5.91 Å². The van der Waals surface area contributed by atoms with Crippen molar-refractivity contribution in [2.45, 2.75) is 25.3 Å². The summed E-state index contributed by atoms with van der Waals surface area (Å²) >= 11 is 0. The van der Waals surface area contributed by atoms with Crippen molar-refractivity contribution in [2.24, 2.45) is 0 Å². The monoisotopic (exact) mass is 433 g/mol. The molecule has 2 aromatic carbocycles. The van der Waals surface area contributed by atoms with Gasteiger partial charge in [-0.25, -0.2) is 18.7 Å². The van der Waals surface area contributed by atoms with E-state index in [1.54, 1.807) is 18.3 Å². The van der Waals surface area contributed by atoms with Crippen LogP contribution in [0.2, 0.25) is 0 Å². The molecule has 1 fully saturated rings. The molecule has 2 N–H and O–H groups in total. The number of amides is 1. The predicted octanol–water partition coefficient (Wildman–Crippen LogP) is 4.63. The maximum atomic E-state index is 12.9. The minimum absolute atomic E-state index is 0.0776. The lowest BCUT2D eigenvalue weighted by atomic mass is 10.1. The van der Waals surface area contributed by atoms with Crippen LogP contribution in [0.25, 0.3) is 28.2 Å². The number of alkyl halides is 2. The highest BCUT2D eigenvalue weighted by atomic mass is 19.3. The van der Waals surface area contributed by atoms with Gasteiger partial charge in [0.1, 0.15) is 0 Å². The molecule has 6 nitrogen and oxygen atoms in total. The summed E-state index contributed by atoms with van der Waals surface area (Å²) in [5, 5.41) is 5.69. The van der Waals surface area contributed by atoms with Crippen LogP contribution in [0.3, 0.4) is 0 Å². The van der Waals surface area contributed by atoms with Gasteiger partial charge in [0.15, 0.2) is 11.5 Å². The third-order valence-electron chi connectivity index (χ3n) is 5.34. The van der Waals surface area contributed by atoms with Gasteiger partial charge in [-0.15, -0.1) is 0 Å². The number of imidazole rings is 1. The Kier molecular flexibility index (Phi) is 5.26. The number of aromatic nitrogens is 3. The Morgan fingerprint density at radius 1 is 1.06 bits per heavy atom. The lowest BCUT2D eigenvalue weighted by Crippen LogP contribution is -2.25. The summed E-state index contributed by atoms with van der Waals surface area (Å²) in [6.45, 7) is -0.520. The van der Waals surface area contributed by atoms with Gasteiger partial charge in [-0.3, -0.25) is 9.20 Å². The first kappa shape index (κ1) is 20.1. The highest BCUT2D eigenvalue weighted by molar-refractivity contribution is 5.95. The quantitative estimate of drug-likeness (QED) is 0.446. The number of halogens is 2. The summed E-state index contributed by atoms with van der Waals surface area (Å²) in [5.74, 6) is 0.213. The van der Waals surface area contributed by atoms with Crippen molar-refractivity contribution < 1.29 is 13.6 Å². The van der Waals surface area contributed by atoms with Crippen LogP contribution in [0, 0.1) is 0 Å². The molecular weight excluding hydrogens is 412 g/mol. The van der Waals surface area contributed by atoms with Crippen LogP contribution in [0.5, 0.6) is 0 Å². The Balaban J connectivity index is 1.54. The van der Waals surface area contributed by atoms with Gasteiger partial charge in [0.05, 0.1) is 24.1 Å². The summed E-state index contributed by atoms with van der Waals surface area (Å²) in [5.41, 5.74) is 4.17. The molecule has 0 spiro atoms. The molecule has 32 heavy (non-hydrogen) atoms. The standard InChI is InChI=1S/C24H21F2N5O/c25-21(26)13-27-22-23-28-12-20(31(23)14-19(30-22)15-4-2-1-3-5-15)16-6-8-17(9-7-16)24(32)29-18-10-11-18/h1-9,12,14,18,21H,10-11,13H2,(H,27,30)(H,29,32). The Morgan fingerprint density at radius 2 is 1.81 bits per heavy atom. The van der Waals surface area contributed by atoms with Crippen LogP contribution in [0.1, 0.15) is 23.2 Å². The first-order chi connectivity index (χ1) is 15.6. The minimum atomic E-state index is -2.51. The van der Waals surface area contributed by atoms with Gasteiger partial charge < -0.3 is 10.6 Å². The first-order valence-electron chi connectivity index (χ1n) is 10.5. The highest BCUT2D eigenvalue weighted by Crippen LogP contribution is 2.28. The molecule has 1 aliphatic rings. The van der Waals surface area contributed by atoms with Crippen molar-refractivity contribution in [3.8, 4) is 22.5 Å². The van der Waals surface area contributed by atoms with Gasteiger partial charge in [-0.2, -0.15) is 0 Å². The van der Waals surface area contributed by atoms with E-state index in [0.717, 1.165) is 29.7 Å². The zero-order valence-electron chi connectivity index (χ0n) is 17.1. The number of anilines is 1. The second kappa shape index (κ2) is 8.37. The van der Waals surface area contributed by atoms with Crippen LogP contribution >= 0.6 is 0 Å². The van der Waals surface area contributed by atoms with E-state index in [9.17, 15) is 13.6 Å². The summed E-state index contributed by atoms with van der Waals surface area (Å²) in [6, 6.07) is 17.1. The van der Waals surface area contributed by atoms with Crippen molar-refractivity contribution in [1.82, 2.24) is 19.7 Å². The van der Waals surface area contributed by atoms with Gasteiger partial charge >= 0.3 is 0 Å². The van der Waals surface area contributed by atoms with Gasteiger partial charge in [-0.05, 0) is 25.0 Å². The van der Waals surface area contributed by atoms with Gasteiger partial charge in [0.2, 0.25) is 0 Å². The summed E-state index contributed by atoms with van der Waals surface area (Å²) in [6.07, 6.45) is 3.07. The molecular formula is C24H21F2N5O. The summed E-state index contributed by atoms with van der Waals surface area (Å²) in [7, 11) is 0. The number of hydrogen-bond acceptors (Lipinski definition) is 4. The second-order valence-electron chi connectivity index (χ2n) is 7.77. The fourth-order valence-electron chi connectivity index (χ4n) is 3.53. The molecule has 0 saturated heterocycles. The van der Waals surface area contributed by atoms with Crippen LogP contribution < -0.4 is 10.6 Å². The fourth-order valence-corrected chi connectivity index (χ4v) is 3.53. The molecule has 5 rings (SSSR count). The molecule has 0 unspecified atom stereocenters. The van der Waals surface area contributed by atoms with E-state index < -0.39 is 13.0 Å².